The van der Waals surface area contributed by atoms with E-state index >= 15 is 0 Å². The lowest BCUT2D eigenvalue weighted by molar-refractivity contribution is -0.595. The van der Waals surface area contributed by atoms with Gasteiger partial charge in [0, 0.05) is 11.1 Å². The topological polar surface area (TPSA) is 27.3 Å². The van der Waals surface area contributed by atoms with E-state index in [9.17, 15) is 0 Å². The van der Waals surface area contributed by atoms with Crippen molar-refractivity contribution in [3.63, 3.8) is 0 Å². The lowest BCUT2D eigenvalue weighted by atomic mass is 9.89. The van der Waals surface area contributed by atoms with Crippen LogP contribution in [0.15, 0.2) is 140 Å². The smallest absolute Gasteiger partial charge is 0.254 e. The Hall–Kier alpha value is -5.87. The zero-order chi connectivity index (χ0) is 35.7. The number of para-hydroxylation sites is 2. The average Bonchev–Trinajstić information content (AvgIpc) is 3.69. The molecule has 8 bridgehead atoms. The number of hydrogen-bond acceptors (Lipinski definition) is 2. The van der Waals surface area contributed by atoms with Gasteiger partial charge >= 0.3 is 0 Å². The Labute approximate surface area is 312 Å². The number of benzene rings is 6. The van der Waals surface area contributed by atoms with Gasteiger partial charge in [-0.1, -0.05) is 97.1 Å². The van der Waals surface area contributed by atoms with E-state index in [-0.39, 0.29) is 0 Å². The molecule has 0 atom stereocenters. The van der Waals surface area contributed by atoms with Crippen LogP contribution in [0.2, 0.25) is 0 Å². The summed E-state index contributed by atoms with van der Waals surface area (Å²) >= 11 is 0. The molecule has 0 saturated heterocycles. The number of methoxy groups -OCH3 is 2. The van der Waals surface area contributed by atoms with Crippen LogP contribution in [0.5, 0.6) is 11.5 Å². The van der Waals surface area contributed by atoms with Gasteiger partial charge < -0.3 is 9.47 Å². The Balaban J connectivity index is 1.02. The van der Waals surface area contributed by atoms with Crippen LogP contribution in [0.1, 0.15) is 44.5 Å². The molecule has 0 unspecified atom stereocenters. The molecule has 8 aliphatic carbocycles. The molecule has 8 aliphatic rings. The van der Waals surface area contributed by atoms with Crippen molar-refractivity contribution in [2.75, 3.05) is 14.2 Å². The summed E-state index contributed by atoms with van der Waals surface area (Å²) in [6, 6.07) is 45.2. The van der Waals surface area contributed by atoms with Gasteiger partial charge in [-0.15, -0.1) is 0 Å². The fourth-order valence-electron chi connectivity index (χ4n) is 8.42. The Kier molecular flexibility index (Phi) is 8.89. The van der Waals surface area contributed by atoms with E-state index in [0.717, 1.165) is 62.9 Å². The minimum atomic E-state index is 0.929. The molecule has 6 aromatic carbocycles. The van der Waals surface area contributed by atoms with Gasteiger partial charge in [-0.25, -0.2) is 9.13 Å². The number of nitrogens with zero attached hydrogens (tertiary/aromatic N) is 2. The minimum absolute atomic E-state index is 0.929. The summed E-state index contributed by atoms with van der Waals surface area (Å²) in [5, 5.41) is 0. The number of hydrogen-bond donors (Lipinski definition) is 0. The van der Waals surface area contributed by atoms with E-state index in [4.69, 9.17) is 9.47 Å². The van der Waals surface area contributed by atoms with Crippen molar-refractivity contribution < 1.29 is 14.0 Å². The third-order valence-electron chi connectivity index (χ3n) is 11.4. The molecule has 7 aromatic rings. The summed E-state index contributed by atoms with van der Waals surface area (Å²) in [4.78, 5) is 0. The van der Waals surface area contributed by atoms with E-state index in [1.54, 1.807) is 14.2 Å². The quantitative estimate of drug-likeness (QED) is 0.162. The Morgan fingerprint density at radius 1 is 0.453 bits per heavy atom. The Morgan fingerprint density at radius 3 is 1.51 bits per heavy atom. The number of aromatic nitrogens is 2. The minimum Gasteiger partial charge on any atom is -0.496 e. The highest BCUT2D eigenvalue weighted by molar-refractivity contribution is 5.75. The molecule has 0 amide bonds. The zero-order valence-corrected chi connectivity index (χ0v) is 30.6. The van der Waals surface area contributed by atoms with Crippen molar-refractivity contribution in [2.24, 2.45) is 0 Å². The molecule has 53 heavy (non-hydrogen) atoms. The second-order valence-electron chi connectivity index (χ2n) is 14.5. The van der Waals surface area contributed by atoms with Gasteiger partial charge in [-0.2, -0.15) is 0 Å². The molecule has 262 valence electrons. The van der Waals surface area contributed by atoms with Gasteiger partial charge in [0.25, 0.3) is 6.33 Å². The van der Waals surface area contributed by atoms with E-state index in [2.05, 4.69) is 137 Å². The Bertz CT molecular complexity index is 2290. The predicted molar refractivity (Wildman–Crippen MR) is 214 cm³/mol. The molecule has 0 aliphatic heterocycles. The summed E-state index contributed by atoms with van der Waals surface area (Å²) in [7, 11) is 3.53. The molecule has 15 rings (SSSR count). The molecule has 4 nitrogen and oxygen atoms in total. The van der Waals surface area contributed by atoms with Gasteiger partial charge in [0.05, 0.1) is 14.2 Å². The lowest BCUT2D eigenvalue weighted by Gasteiger charge is -2.17. The summed E-state index contributed by atoms with van der Waals surface area (Å²) < 4.78 is 16.2. The fourth-order valence-corrected chi connectivity index (χ4v) is 8.42. The normalized spacial score (nSPS) is 13.6. The molecular formula is C49H45N2O2+. The second kappa shape index (κ2) is 14.3. The van der Waals surface area contributed by atoms with Crippen LogP contribution in [0.4, 0.5) is 0 Å². The molecule has 0 radical (unpaired) electrons. The van der Waals surface area contributed by atoms with Crippen molar-refractivity contribution in [1.29, 1.82) is 0 Å². The van der Waals surface area contributed by atoms with Gasteiger partial charge in [-0.3, -0.25) is 0 Å². The van der Waals surface area contributed by atoms with Crippen LogP contribution in [0, 0.1) is 0 Å². The summed E-state index contributed by atoms with van der Waals surface area (Å²) in [6.07, 6.45) is 14.5. The first kappa shape index (κ1) is 33.0. The van der Waals surface area contributed by atoms with Gasteiger partial charge in [0.15, 0.2) is 0 Å². The van der Waals surface area contributed by atoms with Crippen molar-refractivity contribution in [3.8, 4) is 45.1 Å². The maximum Gasteiger partial charge on any atom is 0.254 e. The monoisotopic (exact) mass is 693 g/mol. The molecule has 1 heterocycles. The second-order valence-corrected chi connectivity index (χ2v) is 14.5. The van der Waals surface area contributed by atoms with Gasteiger partial charge in [0.1, 0.15) is 35.3 Å². The predicted octanol–water partition coefficient (Wildman–Crippen LogP) is 9.87. The maximum absolute atomic E-state index is 5.78. The number of aryl methyl sites for hydroxylation is 8. The van der Waals surface area contributed by atoms with Crippen LogP contribution in [0.3, 0.4) is 0 Å². The van der Waals surface area contributed by atoms with Crippen molar-refractivity contribution in [3.05, 3.63) is 185 Å². The highest BCUT2D eigenvalue weighted by atomic mass is 16.5. The highest BCUT2D eigenvalue weighted by Crippen LogP contribution is 2.36. The molecule has 0 N–H and O–H groups in total. The third-order valence-corrected chi connectivity index (χ3v) is 11.4. The highest BCUT2D eigenvalue weighted by Gasteiger charge is 2.20. The van der Waals surface area contributed by atoms with Crippen LogP contribution in [-0.4, -0.2) is 18.8 Å². The molecule has 1 aromatic heterocycles. The number of rotatable bonds is 6. The van der Waals surface area contributed by atoms with Crippen LogP contribution in [0.25, 0.3) is 33.6 Å². The standard InChI is InChI=1S/C49H45N2O2/c1-52-48-9-5-3-7-42(48)44-29-34-11-19-38(44)21-13-36-17-25-40(23-15-34)46(31-36)50-27-28-51(33-50)47-32-37-14-22-39-20-12-35(16-24-41(47)26-18-37)30-45(39)43-8-4-6-10-49(43)53-2/h3-12,17-20,25-33H,13-16,21-24H2,1-2H3/q+1. The van der Waals surface area contributed by atoms with Crippen LogP contribution in [-0.2, 0) is 51.4 Å². The van der Waals surface area contributed by atoms with Gasteiger partial charge in [-0.05, 0) is 131 Å². The fraction of sp³-hybridized carbons (Fsp3) is 0.204. The SMILES string of the molecule is COc1ccccc1-c1cc2ccc1CCc1ccc(c(-n3cc[n+](-c4cc5ccc4CCc4ccc(c(-c6ccccc6OC)c4)CC5)c3)c1)CC2. The van der Waals surface area contributed by atoms with E-state index in [0.29, 0.717) is 0 Å². The van der Waals surface area contributed by atoms with Crippen LogP contribution >= 0.6 is 0 Å². The summed E-state index contributed by atoms with van der Waals surface area (Å²) in [6.45, 7) is 0. The van der Waals surface area contributed by atoms with Gasteiger partial charge in [0.2, 0.25) is 0 Å². The molecule has 0 spiro atoms. The number of imidazole rings is 1. The van der Waals surface area contributed by atoms with Crippen LogP contribution < -0.4 is 14.0 Å². The lowest BCUT2D eigenvalue weighted by Crippen LogP contribution is -2.30. The van der Waals surface area contributed by atoms with E-state index < -0.39 is 0 Å². The molecule has 0 saturated carbocycles. The zero-order valence-electron chi connectivity index (χ0n) is 30.6. The third kappa shape index (κ3) is 6.55. The van der Waals surface area contributed by atoms with E-state index in [1.165, 1.54) is 78.1 Å². The first-order chi connectivity index (χ1) is 26.1. The maximum atomic E-state index is 5.78. The first-order valence-corrected chi connectivity index (χ1v) is 19.0. The van der Waals surface area contributed by atoms with Crippen molar-refractivity contribution in [1.82, 2.24) is 4.57 Å². The van der Waals surface area contributed by atoms with Crippen molar-refractivity contribution >= 4 is 0 Å². The van der Waals surface area contributed by atoms with Crippen molar-refractivity contribution in [2.45, 2.75) is 51.4 Å². The summed E-state index contributed by atoms with van der Waals surface area (Å²) in [5.74, 6) is 1.86. The number of ether oxygens (including phenoxy) is 2. The molecular weight excluding hydrogens is 649 g/mol. The summed E-state index contributed by atoms with van der Waals surface area (Å²) in [5.41, 5.74) is 18.4. The molecule has 4 heteroatoms. The largest absolute Gasteiger partial charge is 0.496 e. The Morgan fingerprint density at radius 2 is 0.925 bits per heavy atom. The molecule has 0 fully saturated rings. The average molecular weight is 694 g/mol. The van der Waals surface area contributed by atoms with E-state index in [1.807, 2.05) is 12.1 Å². The first-order valence-electron chi connectivity index (χ1n) is 19.0.